The summed E-state index contributed by atoms with van der Waals surface area (Å²) < 4.78 is 43.2. The number of hydrogen-bond donors (Lipinski definition) is 1. The minimum Gasteiger partial charge on any atom is -0.378 e. The van der Waals surface area contributed by atoms with Gasteiger partial charge in [0.05, 0.1) is 6.61 Å². The first kappa shape index (κ1) is 28.2. The predicted octanol–water partition coefficient (Wildman–Crippen LogP) is 5.81. The van der Waals surface area contributed by atoms with Gasteiger partial charge in [0, 0.05) is 26.2 Å². The number of hydrogen-bond acceptors (Lipinski definition) is 5. The van der Waals surface area contributed by atoms with Crippen molar-refractivity contribution in [2.75, 3.05) is 26.3 Å². The molecule has 0 aromatic heterocycles. The molecule has 2 unspecified atom stereocenters. The summed E-state index contributed by atoms with van der Waals surface area (Å²) in [4.78, 5) is 2.17. The highest BCUT2D eigenvalue weighted by atomic mass is 32.3. The SMILES string of the molecule is CCCCCCCC(CCCCC)COCC(CN1CCc2ccccc2C1)OS(=O)(=O)O. The maximum atomic E-state index is 11.4. The zero-order valence-electron chi connectivity index (χ0n) is 20.7. The molecule has 0 amide bonds. The average molecular weight is 484 g/mol. The Morgan fingerprint density at radius 1 is 0.939 bits per heavy atom. The van der Waals surface area contributed by atoms with Gasteiger partial charge in [0.2, 0.25) is 0 Å². The summed E-state index contributed by atoms with van der Waals surface area (Å²) >= 11 is 0. The lowest BCUT2D eigenvalue weighted by Gasteiger charge is -2.31. The van der Waals surface area contributed by atoms with Crippen molar-refractivity contribution in [1.29, 1.82) is 0 Å². The predicted molar refractivity (Wildman–Crippen MR) is 134 cm³/mol. The first-order chi connectivity index (χ1) is 15.9. The molecule has 0 aliphatic carbocycles. The van der Waals surface area contributed by atoms with E-state index in [0.717, 1.165) is 32.4 Å². The van der Waals surface area contributed by atoms with Crippen molar-refractivity contribution >= 4 is 10.4 Å². The molecule has 1 heterocycles. The zero-order chi connectivity index (χ0) is 23.9. The molecule has 1 aromatic carbocycles. The van der Waals surface area contributed by atoms with E-state index in [-0.39, 0.29) is 6.61 Å². The summed E-state index contributed by atoms with van der Waals surface area (Å²) in [5, 5.41) is 0. The Balaban J connectivity index is 1.85. The standard InChI is InChI=1S/C26H45NO5S/c1-3-5-7-8-10-14-23(13-9-6-4-2)21-31-22-26(32-33(28,29)30)20-27-18-17-24-15-11-12-16-25(24)19-27/h11-12,15-16,23,26H,3-10,13-14,17-22H2,1-2H3,(H,28,29,30). The van der Waals surface area contributed by atoms with Gasteiger partial charge in [0.1, 0.15) is 6.10 Å². The molecule has 190 valence electrons. The lowest BCUT2D eigenvalue weighted by Crippen LogP contribution is -2.40. The lowest BCUT2D eigenvalue weighted by atomic mass is 9.95. The molecule has 1 N–H and O–H groups in total. The Morgan fingerprint density at radius 2 is 1.58 bits per heavy atom. The van der Waals surface area contributed by atoms with Crippen LogP contribution < -0.4 is 0 Å². The number of fused-ring (bicyclic) bond motifs is 1. The molecule has 0 fully saturated rings. The number of unbranched alkanes of at least 4 members (excludes halogenated alkanes) is 6. The molecule has 7 heteroatoms. The average Bonchev–Trinajstić information content (AvgIpc) is 2.77. The third kappa shape index (κ3) is 12.3. The van der Waals surface area contributed by atoms with Gasteiger partial charge >= 0.3 is 10.4 Å². The Hall–Kier alpha value is -0.990. The van der Waals surface area contributed by atoms with Crippen LogP contribution in [0.5, 0.6) is 0 Å². The van der Waals surface area contributed by atoms with Crippen LogP contribution in [0.4, 0.5) is 0 Å². The van der Waals surface area contributed by atoms with Crippen molar-refractivity contribution in [3.05, 3.63) is 35.4 Å². The first-order valence-corrected chi connectivity index (χ1v) is 14.3. The molecule has 2 atom stereocenters. The highest BCUT2D eigenvalue weighted by Crippen LogP contribution is 2.21. The normalized spacial score (nSPS) is 16.5. The van der Waals surface area contributed by atoms with E-state index in [2.05, 4.69) is 30.9 Å². The molecule has 1 aliphatic rings. The van der Waals surface area contributed by atoms with Crippen LogP contribution in [0.1, 0.15) is 89.2 Å². The lowest BCUT2D eigenvalue weighted by molar-refractivity contribution is 0.00989. The molecule has 33 heavy (non-hydrogen) atoms. The zero-order valence-corrected chi connectivity index (χ0v) is 21.5. The van der Waals surface area contributed by atoms with E-state index >= 15 is 0 Å². The van der Waals surface area contributed by atoms with Gasteiger partial charge in [-0.1, -0.05) is 89.5 Å². The van der Waals surface area contributed by atoms with E-state index in [9.17, 15) is 13.0 Å². The van der Waals surface area contributed by atoms with E-state index in [1.807, 2.05) is 12.1 Å². The van der Waals surface area contributed by atoms with Gasteiger partial charge in [-0.2, -0.15) is 8.42 Å². The van der Waals surface area contributed by atoms with Crippen LogP contribution in [0.15, 0.2) is 24.3 Å². The molecular formula is C26H45NO5S. The fourth-order valence-electron chi connectivity index (χ4n) is 4.68. The summed E-state index contributed by atoms with van der Waals surface area (Å²) in [7, 11) is -4.53. The first-order valence-electron chi connectivity index (χ1n) is 12.9. The Bertz CT molecular complexity index is 755. The topological polar surface area (TPSA) is 76.1 Å². The van der Waals surface area contributed by atoms with Crippen molar-refractivity contribution in [2.45, 2.75) is 97.1 Å². The number of rotatable bonds is 18. The van der Waals surface area contributed by atoms with E-state index < -0.39 is 16.5 Å². The highest BCUT2D eigenvalue weighted by molar-refractivity contribution is 7.80. The minimum atomic E-state index is -4.53. The van der Waals surface area contributed by atoms with Crippen LogP contribution >= 0.6 is 0 Å². The third-order valence-electron chi connectivity index (χ3n) is 6.52. The van der Waals surface area contributed by atoms with Crippen molar-refractivity contribution in [3.63, 3.8) is 0 Å². The molecular weight excluding hydrogens is 438 g/mol. The fourth-order valence-corrected chi connectivity index (χ4v) is 5.14. The van der Waals surface area contributed by atoms with Gasteiger partial charge < -0.3 is 4.74 Å². The molecule has 0 saturated carbocycles. The van der Waals surface area contributed by atoms with E-state index in [1.165, 1.54) is 62.5 Å². The maximum absolute atomic E-state index is 11.4. The second kappa shape index (κ2) is 15.8. The minimum absolute atomic E-state index is 0.165. The van der Waals surface area contributed by atoms with Crippen molar-refractivity contribution < 1.29 is 21.9 Å². The Morgan fingerprint density at radius 3 is 2.27 bits per heavy atom. The molecule has 2 rings (SSSR count). The van der Waals surface area contributed by atoms with E-state index in [4.69, 9.17) is 8.92 Å². The van der Waals surface area contributed by atoms with Crippen LogP contribution in [0.3, 0.4) is 0 Å². The van der Waals surface area contributed by atoms with Gasteiger partial charge in [-0.05, 0) is 36.3 Å². The highest BCUT2D eigenvalue weighted by Gasteiger charge is 2.24. The summed E-state index contributed by atoms with van der Waals surface area (Å²) in [5.41, 5.74) is 2.60. The second-order valence-corrected chi connectivity index (χ2v) is 10.5. The fraction of sp³-hybridized carbons (Fsp3) is 0.769. The van der Waals surface area contributed by atoms with E-state index in [1.54, 1.807) is 0 Å². The van der Waals surface area contributed by atoms with Gasteiger partial charge in [0.15, 0.2) is 0 Å². The van der Waals surface area contributed by atoms with Gasteiger partial charge in [-0.3, -0.25) is 9.45 Å². The molecule has 0 bridgehead atoms. The van der Waals surface area contributed by atoms with Gasteiger partial charge in [-0.15, -0.1) is 0 Å². The van der Waals surface area contributed by atoms with Crippen LogP contribution in [0, 0.1) is 5.92 Å². The van der Waals surface area contributed by atoms with Crippen LogP contribution in [-0.2, 0) is 32.3 Å². The van der Waals surface area contributed by atoms with E-state index in [0.29, 0.717) is 19.1 Å². The second-order valence-electron chi connectivity index (χ2n) is 9.50. The summed E-state index contributed by atoms with van der Waals surface area (Å²) in [5.74, 6) is 0.492. The van der Waals surface area contributed by atoms with Crippen LogP contribution in [-0.4, -0.2) is 50.3 Å². The molecule has 0 saturated heterocycles. The Labute approximate surface area is 202 Å². The molecule has 0 radical (unpaired) electrons. The smallest absolute Gasteiger partial charge is 0.378 e. The molecule has 0 spiro atoms. The summed E-state index contributed by atoms with van der Waals surface area (Å²) in [6, 6.07) is 8.33. The molecule has 1 aliphatic heterocycles. The van der Waals surface area contributed by atoms with Gasteiger partial charge in [0.25, 0.3) is 0 Å². The third-order valence-corrected chi connectivity index (χ3v) is 7.03. The number of benzene rings is 1. The van der Waals surface area contributed by atoms with Crippen molar-refractivity contribution in [3.8, 4) is 0 Å². The van der Waals surface area contributed by atoms with Crippen molar-refractivity contribution in [2.24, 2.45) is 5.92 Å². The maximum Gasteiger partial charge on any atom is 0.397 e. The van der Waals surface area contributed by atoms with Crippen molar-refractivity contribution in [1.82, 2.24) is 4.90 Å². The largest absolute Gasteiger partial charge is 0.397 e. The monoisotopic (exact) mass is 483 g/mol. The number of ether oxygens (including phenoxy) is 1. The van der Waals surface area contributed by atoms with Crippen LogP contribution in [0.2, 0.25) is 0 Å². The van der Waals surface area contributed by atoms with Gasteiger partial charge in [-0.25, -0.2) is 4.18 Å². The summed E-state index contributed by atoms with van der Waals surface area (Å²) in [6.07, 6.45) is 12.5. The summed E-state index contributed by atoms with van der Waals surface area (Å²) in [6.45, 7) is 7.22. The molecule has 1 aromatic rings. The molecule has 6 nitrogen and oxygen atoms in total. The number of nitrogens with zero attached hydrogens (tertiary/aromatic N) is 1. The Kier molecular flexibility index (Phi) is 13.5. The van der Waals surface area contributed by atoms with Crippen LogP contribution in [0.25, 0.3) is 0 Å². The quantitative estimate of drug-likeness (QED) is 0.210.